The predicted molar refractivity (Wildman–Crippen MR) is 108 cm³/mol. The third-order valence-electron chi connectivity index (χ3n) is 4.87. The molecule has 1 aromatic carbocycles. The second-order valence-corrected chi connectivity index (χ2v) is 6.78. The minimum atomic E-state index is -0.277. The molecule has 0 unspecified atom stereocenters. The molecule has 1 amide bonds. The minimum Gasteiger partial charge on any atom is -0.469 e. The molecule has 0 aliphatic carbocycles. The molecule has 2 aromatic rings. The fraction of sp³-hybridized carbons (Fsp3) is 0.381. The Morgan fingerprint density at radius 2 is 1.71 bits per heavy atom. The van der Waals surface area contributed by atoms with E-state index in [4.69, 9.17) is 0 Å². The van der Waals surface area contributed by atoms with Crippen LogP contribution in [0.1, 0.15) is 12.0 Å². The summed E-state index contributed by atoms with van der Waals surface area (Å²) in [5.41, 5.74) is 2.79. The Labute approximate surface area is 165 Å². The second kappa shape index (κ2) is 9.85. The summed E-state index contributed by atoms with van der Waals surface area (Å²) >= 11 is 0. The van der Waals surface area contributed by atoms with E-state index in [9.17, 15) is 9.59 Å². The van der Waals surface area contributed by atoms with Crippen molar-refractivity contribution in [3.63, 3.8) is 0 Å². The van der Waals surface area contributed by atoms with Gasteiger partial charge in [0, 0.05) is 62.9 Å². The number of nitrogens with zero attached hydrogens (tertiary/aromatic N) is 3. The lowest BCUT2D eigenvalue weighted by atomic mass is 10.1. The average molecular weight is 382 g/mol. The van der Waals surface area contributed by atoms with Crippen LogP contribution in [0.15, 0.2) is 48.8 Å². The lowest BCUT2D eigenvalue weighted by molar-refractivity contribution is -0.139. The highest BCUT2D eigenvalue weighted by atomic mass is 16.5. The molecule has 2 heterocycles. The van der Waals surface area contributed by atoms with Crippen molar-refractivity contribution in [2.75, 3.05) is 50.1 Å². The van der Waals surface area contributed by atoms with E-state index >= 15 is 0 Å². The van der Waals surface area contributed by atoms with Crippen LogP contribution in [0.25, 0.3) is 0 Å². The maximum atomic E-state index is 12.2. The number of nitrogens with one attached hydrogen (secondary N) is 1. The highest BCUT2D eigenvalue weighted by Crippen LogP contribution is 2.15. The number of anilines is 2. The number of piperazine rings is 1. The molecule has 7 nitrogen and oxygen atoms in total. The van der Waals surface area contributed by atoms with Gasteiger partial charge in [-0.3, -0.25) is 19.5 Å². The standard InChI is InChI=1S/C21H26N4O3/c1-28-21(27)16-17-2-4-18(5-3-17)23-20(26)8-11-24-12-14-25(15-13-24)19-6-9-22-10-7-19/h2-7,9-10H,8,11-16H2,1H3,(H,23,26). The third-order valence-corrected chi connectivity index (χ3v) is 4.87. The number of ether oxygens (including phenoxy) is 1. The predicted octanol–water partition coefficient (Wildman–Crippen LogP) is 1.95. The second-order valence-electron chi connectivity index (χ2n) is 6.78. The van der Waals surface area contributed by atoms with Gasteiger partial charge in [-0.15, -0.1) is 0 Å². The Morgan fingerprint density at radius 1 is 1.04 bits per heavy atom. The molecular weight excluding hydrogens is 356 g/mol. The summed E-state index contributed by atoms with van der Waals surface area (Å²) in [5, 5.41) is 2.91. The van der Waals surface area contributed by atoms with Crippen molar-refractivity contribution in [2.24, 2.45) is 0 Å². The summed E-state index contributed by atoms with van der Waals surface area (Å²) in [6.07, 6.45) is 4.32. The summed E-state index contributed by atoms with van der Waals surface area (Å²) in [4.78, 5) is 32.2. The number of pyridine rings is 1. The van der Waals surface area contributed by atoms with Crippen molar-refractivity contribution in [1.82, 2.24) is 9.88 Å². The maximum absolute atomic E-state index is 12.2. The van der Waals surface area contributed by atoms with Crippen LogP contribution in [0.2, 0.25) is 0 Å². The number of methoxy groups -OCH3 is 1. The van der Waals surface area contributed by atoms with Crippen LogP contribution in [0.3, 0.4) is 0 Å². The van der Waals surface area contributed by atoms with Gasteiger partial charge in [-0.2, -0.15) is 0 Å². The number of hydrogen-bond donors (Lipinski definition) is 1. The Balaban J connectivity index is 1.38. The first-order valence-electron chi connectivity index (χ1n) is 9.47. The van der Waals surface area contributed by atoms with Crippen molar-refractivity contribution >= 4 is 23.3 Å². The zero-order valence-corrected chi connectivity index (χ0v) is 16.1. The zero-order chi connectivity index (χ0) is 19.8. The number of aromatic nitrogens is 1. The van der Waals surface area contributed by atoms with E-state index in [1.165, 1.54) is 12.8 Å². The Kier molecular flexibility index (Phi) is 6.97. The third kappa shape index (κ3) is 5.79. The molecule has 1 aliphatic heterocycles. The number of rotatable bonds is 7. The lowest BCUT2D eigenvalue weighted by Crippen LogP contribution is -2.47. The number of benzene rings is 1. The molecule has 0 bridgehead atoms. The molecule has 0 atom stereocenters. The zero-order valence-electron chi connectivity index (χ0n) is 16.1. The van der Waals surface area contributed by atoms with Gasteiger partial charge >= 0.3 is 5.97 Å². The Morgan fingerprint density at radius 3 is 2.36 bits per heavy atom. The molecule has 0 radical (unpaired) electrons. The van der Waals surface area contributed by atoms with E-state index in [-0.39, 0.29) is 18.3 Å². The smallest absolute Gasteiger partial charge is 0.309 e. The van der Waals surface area contributed by atoms with E-state index < -0.39 is 0 Å². The summed E-state index contributed by atoms with van der Waals surface area (Å²) < 4.78 is 4.65. The first-order chi connectivity index (χ1) is 13.6. The fourth-order valence-electron chi connectivity index (χ4n) is 3.21. The van der Waals surface area contributed by atoms with Gasteiger partial charge in [0.1, 0.15) is 0 Å². The molecule has 148 valence electrons. The van der Waals surface area contributed by atoms with Crippen molar-refractivity contribution in [3.8, 4) is 0 Å². The van der Waals surface area contributed by atoms with Gasteiger partial charge < -0.3 is 15.0 Å². The van der Waals surface area contributed by atoms with Crippen molar-refractivity contribution in [3.05, 3.63) is 54.4 Å². The van der Waals surface area contributed by atoms with Crippen LogP contribution < -0.4 is 10.2 Å². The van der Waals surface area contributed by atoms with Gasteiger partial charge in [0.05, 0.1) is 13.5 Å². The molecule has 1 N–H and O–H groups in total. The Bertz CT molecular complexity index is 772. The fourth-order valence-corrected chi connectivity index (χ4v) is 3.21. The topological polar surface area (TPSA) is 74.8 Å². The first-order valence-corrected chi connectivity index (χ1v) is 9.47. The molecule has 7 heteroatoms. The molecule has 3 rings (SSSR count). The summed E-state index contributed by atoms with van der Waals surface area (Å²) in [6.45, 7) is 4.53. The monoisotopic (exact) mass is 382 g/mol. The number of esters is 1. The van der Waals surface area contributed by atoms with Gasteiger partial charge in [0.2, 0.25) is 5.91 Å². The molecule has 1 aromatic heterocycles. The molecule has 1 fully saturated rings. The molecule has 28 heavy (non-hydrogen) atoms. The van der Waals surface area contributed by atoms with Crippen molar-refractivity contribution in [2.45, 2.75) is 12.8 Å². The lowest BCUT2D eigenvalue weighted by Gasteiger charge is -2.35. The van der Waals surface area contributed by atoms with Gasteiger partial charge in [-0.1, -0.05) is 12.1 Å². The van der Waals surface area contributed by atoms with Gasteiger partial charge in [0.25, 0.3) is 0 Å². The number of amides is 1. The van der Waals surface area contributed by atoms with Gasteiger partial charge in [-0.25, -0.2) is 0 Å². The van der Waals surface area contributed by atoms with E-state index in [2.05, 4.69) is 24.8 Å². The largest absolute Gasteiger partial charge is 0.469 e. The SMILES string of the molecule is COC(=O)Cc1ccc(NC(=O)CCN2CCN(c3ccncc3)CC2)cc1. The normalized spacial score (nSPS) is 14.5. The van der Waals surface area contributed by atoms with Gasteiger partial charge in [-0.05, 0) is 29.8 Å². The molecule has 1 aliphatic rings. The summed E-state index contributed by atoms with van der Waals surface area (Å²) in [5.74, 6) is -0.280. The van der Waals surface area contributed by atoms with Crippen LogP contribution in [-0.4, -0.2) is 61.6 Å². The van der Waals surface area contributed by atoms with E-state index in [0.29, 0.717) is 6.42 Å². The quantitative estimate of drug-likeness (QED) is 0.738. The summed E-state index contributed by atoms with van der Waals surface area (Å²) in [7, 11) is 1.37. The van der Waals surface area contributed by atoms with Crippen LogP contribution in [0.5, 0.6) is 0 Å². The minimum absolute atomic E-state index is 0.00252. The average Bonchev–Trinajstić information content (AvgIpc) is 2.74. The number of hydrogen-bond acceptors (Lipinski definition) is 6. The summed E-state index contributed by atoms with van der Waals surface area (Å²) in [6, 6.07) is 11.3. The molecule has 0 spiro atoms. The van der Waals surface area contributed by atoms with E-state index in [1.807, 2.05) is 48.8 Å². The van der Waals surface area contributed by atoms with E-state index in [0.717, 1.165) is 44.0 Å². The molecule has 0 saturated carbocycles. The van der Waals surface area contributed by atoms with Gasteiger partial charge in [0.15, 0.2) is 0 Å². The van der Waals surface area contributed by atoms with Crippen LogP contribution >= 0.6 is 0 Å². The maximum Gasteiger partial charge on any atom is 0.309 e. The van der Waals surface area contributed by atoms with Crippen LogP contribution in [-0.2, 0) is 20.7 Å². The number of carbonyl (C=O) groups is 2. The Hall–Kier alpha value is -2.93. The highest BCUT2D eigenvalue weighted by Gasteiger charge is 2.17. The number of carbonyl (C=O) groups excluding carboxylic acids is 2. The molecular formula is C21H26N4O3. The highest BCUT2D eigenvalue weighted by molar-refractivity contribution is 5.90. The van der Waals surface area contributed by atoms with Crippen molar-refractivity contribution in [1.29, 1.82) is 0 Å². The van der Waals surface area contributed by atoms with E-state index in [1.54, 1.807) is 0 Å². The first kappa shape index (κ1) is 19.8. The van der Waals surface area contributed by atoms with Crippen LogP contribution in [0.4, 0.5) is 11.4 Å². The molecule has 1 saturated heterocycles. The van der Waals surface area contributed by atoms with Crippen LogP contribution in [0, 0.1) is 0 Å². The van der Waals surface area contributed by atoms with Crippen molar-refractivity contribution < 1.29 is 14.3 Å².